The third kappa shape index (κ3) is 6.44. The highest BCUT2D eigenvalue weighted by molar-refractivity contribution is 5.90. The zero-order chi connectivity index (χ0) is 31.8. The third-order valence-corrected chi connectivity index (χ3v) is 7.78. The van der Waals surface area contributed by atoms with E-state index in [1.54, 1.807) is 20.2 Å². The van der Waals surface area contributed by atoms with Crippen molar-refractivity contribution in [3.8, 4) is 33.6 Å². The molecule has 44 heavy (non-hydrogen) atoms. The lowest BCUT2D eigenvalue weighted by atomic mass is 9.98. The molecule has 0 bridgehead atoms. The van der Waals surface area contributed by atoms with Crippen molar-refractivity contribution in [3.63, 3.8) is 0 Å². The number of nitrogens with zero attached hydrogens (tertiary/aromatic N) is 4. The van der Waals surface area contributed by atoms with Gasteiger partial charge in [-0.15, -0.1) is 0 Å². The molecule has 2 amide bonds. The highest BCUT2D eigenvalue weighted by Gasteiger charge is 2.25. The number of rotatable bonds is 7. The second-order valence-corrected chi connectivity index (χ2v) is 12.0. The predicted molar refractivity (Wildman–Crippen MR) is 171 cm³/mol. The molecule has 228 valence electrons. The number of nitrogens with one attached hydrogen (secondary N) is 2. The molecule has 2 heterocycles. The zero-order valence-corrected chi connectivity index (χ0v) is 26.0. The molecule has 10 heteroatoms. The van der Waals surface area contributed by atoms with Crippen LogP contribution < -0.4 is 0 Å². The number of ether oxygens (including phenoxy) is 1. The number of imidazole rings is 2. The van der Waals surface area contributed by atoms with E-state index in [-0.39, 0.29) is 12.1 Å². The Balaban J connectivity index is 1.30. The summed E-state index contributed by atoms with van der Waals surface area (Å²) in [5.41, 5.74) is 5.09. The first kappa shape index (κ1) is 30.3. The van der Waals surface area contributed by atoms with Gasteiger partial charge in [-0.3, -0.25) is 0 Å². The van der Waals surface area contributed by atoms with E-state index in [9.17, 15) is 14.7 Å². The summed E-state index contributed by atoms with van der Waals surface area (Å²) in [5.74, 6) is 1.28. The number of hydrogen-bond acceptors (Lipinski definition) is 5. The van der Waals surface area contributed by atoms with Gasteiger partial charge in [-0.2, -0.15) is 0 Å². The summed E-state index contributed by atoms with van der Waals surface area (Å²) >= 11 is 0. The summed E-state index contributed by atoms with van der Waals surface area (Å²) in [4.78, 5) is 42.3. The van der Waals surface area contributed by atoms with Gasteiger partial charge in [-0.05, 0) is 68.7 Å². The maximum absolute atomic E-state index is 12.5. The molecule has 0 spiro atoms. The van der Waals surface area contributed by atoms with Crippen molar-refractivity contribution in [2.75, 3.05) is 14.1 Å². The number of H-pyrrole nitrogens is 2. The third-order valence-electron chi connectivity index (χ3n) is 7.78. The van der Waals surface area contributed by atoms with Crippen LogP contribution in [0.5, 0.6) is 0 Å². The van der Waals surface area contributed by atoms with E-state index in [0.717, 1.165) is 44.4 Å². The number of carboxylic acid groups (broad SMARTS) is 1. The lowest BCUT2D eigenvalue weighted by molar-refractivity contribution is 0.0227. The molecule has 0 fully saturated rings. The second-order valence-electron chi connectivity index (χ2n) is 12.0. The number of carbonyl (C=O) groups excluding carboxylic acids is 1. The highest BCUT2D eigenvalue weighted by atomic mass is 16.6. The highest BCUT2D eigenvalue weighted by Crippen LogP contribution is 2.31. The fraction of sp³-hybridized carbons (Fsp3) is 0.294. The van der Waals surface area contributed by atoms with Crippen LogP contribution in [0, 0.1) is 0 Å². The first-order chi connectivity index (χ1) is 20.8. The van der Waals surface area contributed by atoms with E-state index in [1.165, 1.54) is 16.8 Å². The molecule has 0 aliphatic carbocycles. The van der Waals surface area contributed by atoms with E-state index in [0.29, 0.717) is 11.6 Å². The summed E-state index contributed by atoms with van der Waals surface area (Å²) in [6, 6.07) is 20.1. The van der Waals surface area contributed by atoms with Crippen LogP contribution in [0.4, 0.5) is 9.59 Å². The fourth-order valence-corrected chi connectivity index (χ4v) is 4.84. The molecule has 3 N–H and O–H groups in total. The quantitative estimate of drug-likeness (QED) is 0.176. The van der Waals surface area contributed by atoms with Crippen LogP contribution in [0.15, 0.2) is 73.1 Å². The lowest BCUT2D eigenvalue weighted by Crippen LogP contribution is -2.36. The number of carbonyl (C=O) groups is 2. The van der Waals surface area contributed by atoms with Crippen molar-refractivity contribution < 1.29 is 19.4 Å². The predicted octanol–water partition coefficient (Wildman–Crippen LogP) is 7.89. The number of amides is 2. The largest absolute Gasteiger partial charge is 0.465 e. The van der Waals surface area contributed by atoms with E-state index in [2.05, 4.69) is 63.5 Å². The van der Waals surface area contributed by atoms with Gasteiger partial charge in [0.1, 0.15) is 17.2 Å². The van der Waals surface area contributed by atoms with Gasteiger partial charge in [0.15, 0.2) is 0 Å². The minimum Gasteiger partial charge on any atom is -0.465 e. The van der Waals surface area contributed by atoms with Crippen LogP contribution in [0.3, 0.4) is 0 Å². The van der Waals surface area contributed by atoms with Crippen molar-refractivity contribution in [3.05, 3.63) is 84.7 Å². The summed E-state index contributed by atoms with van der Waals surface area (Å²) in [6.07, 6.45) is 2.26. The molecule has 3 aromatic carbocycles. The maximum atomic E-state index is 12.5. The van der Waals surface area contributed by atoms with Crippen LogP contribution in [0.25, 0.3) is 44.4 Å². The van der Waals surface area contributed by atoms with Gasteiger partial charge in [0.2, 0.25) is 0 Å². The van der Waals surface area contributed by atoms with Crippen molar-refractivity contribution in [2.24, 2.45) is 0 Å². The summed E-state index contributed by atoms with van der Waals surface area (Å²) in [5, 5.41) is 11.5. The molecule has 5 aromatic rings. The second kappa shape index (κ2) is 11.9. The Morgan fingerprint density at radius 3 is 1.73 bits per heavy atom. The average Bonchev–Trinajstić information content (AvgIpc) is 3.69. The normalized spacial score (nSPS) is 13.0. The fourth-order valence-electron chi connectivity index (χ4n) is 4.84. The van der Waals surface area contributed by atoms with Crippen LogP contribution in [0.1, 0.15) is 58.4 Å². The SMILES string of the molecule is C[C@@H](c1nc(-c2ccc(-c3ccc4cc(-c5c[nH]c([C@H](C)N(C)C(=O)OC(C)(C)C)n5)ccc4c3)cc2)c[nH]1)N(C)C(=O)O. The van der Waals surface area contributed by atoms with Crippen molar-refractivity contribution >= 4 is 23.0 Å². The average molecular weight is 595 g/mol. The number of aromatic amines is 2. The molecule has 0 aliphatic rings. The van der Waals surface area contributed by atoms with Gasteiger partial charge in [0.25, 0.3) is 0 Å². The smallest absolute Gasteiger partial charge is 0.410 e. The van der Waals surface area contributed by atoms with E-state index >= 15 is 0 Å². The number of hydrogen-bond donors (Lipinski definition) is 3. The Bertz CT molecular complexity index is 1800. The van der Waals surface area contributed by atoms with Crippen LogP contribution >= 0.6 is 0 Å². The molecule has 0 unspecified atom stereocenters. The Morgan fingerprint density at radius 2 is 1.18 bits per heavy atom. The van der Waals surface area contributed by atoms with Gasteiger partial charge in [0.05, 0.1) is 23.5 Å². The summed E-state index contributed by atoms with van der Waals surface area (Å²) in [6.45, 7) is 9.24. The van der Waals surface area contributed by atoms with E-state index in [4.69, 9.17) is 9.72 Å². The minimum absolute atomic E-state index is 0.287. The Kier molecular flexibility index (Phi) is 8.19. The van der Waals surface area contributed by atoms with Crippen LogP contribution in [-0.4, -0.2) is 66.7 Å². The molecule has 0 aliphatic heterocycles. The monoisotopic (exact) mass is 594 g/mol. The van der Waals surface area contributed by atoms with Crippen molar-refractivity contribution in [2.45, 2.75) is 52.3 Å². The molecule has 0 saturated carbocycles. The molecule has 2 aromatic heterocycles. The number of aromatic nitrogens is 4. The Morgan fingerprint density at radius 1 is 0.727 bits per heavy atom. The molecule has 10 nitrogen and oxygen atoms in total. The molecular weight excluding hydrogens is 556 g/mol. The topological polar surface area (TPSA) is 127 Å². The van der Waals surface area contributed by atoms with Crippen molar-refractivity contribution in [1.82, 2.24) is 29.7 Å². The van der Waals surface area contributed by atoms with Gasteiger partial charge in [-0.1, -0.05) is 48.5 Å². The molecule has 0 radical (unpaired) electrons. The summed E-state index contributed by atoms with van der Waals surface area (Å²) < 4.78 is 5.50. The Hall–Kier alpha value is -5.12. The lowest BCUT2D eigenvalue weighted by Gasteiger charge is -2.27. The number of fused-ring (bicyclic) bond motifs is 1. The first-order valence-electron chi connectivity index (χ1n) is 14.5. The van der Waals surface area contributed by atoms with Crippen molar-refractivity contribution in [1.29, 1.82) is 0 Å². The first-order valence-corrected chi connectivity index (χ1v) is 14.5. The van der Waals surface area contributed by atoms with Crippen LogP contribution in [0.2, 0.25) is 0 Å². The Labute approximate surface area is 256 Å². The van der Waals surface area contributed by atoms with Gasteiger partial charge in [0, 0.05) is 37.6 Å². The molecule has 2 atom stereocenters. The molecule has 0 saturated heterocycles. The number of benzene rings is 3. The molecule has 5 rings (SSSR count). The maximum Gasteiger partial charge on any atom is 0.410 e. The minimum atomic E-state index is -1.00. The van der Waals surface area contributed by atoms with E-state index < -0.39 is 17.8 Å². The van der Waals surface area contributed by atoms with Gasteiger partial charge < -0.3 is 29.6 Å². The van der Waals surface area contributed by atoms with Gasteiger partial charge in [-0.25, -0.2) is 19.6 Å². The summed E-state index contributed by atoms with van der Waals surface area (Å²) in [7, 11) is 3.23. The van der Waals surface area contributed by atoms with Gasteiger partial charge >= 0.3 is 12.2 Å². The van der Waals surface area contributed by atoms with E-state index in [1.807, 2.05) is 46.0 Å². The molecular formula is C34H38N6O4. The zero-order valence-electron chi connectivity index (χ0n) is 26.0. The van der Waals surface area contributed by atoms with Crippen LogP contribution in [-0.2, 0) is 4.74 Å². The standard InChI is InChI=1S/C34H38N6O4/c1-20(39(6)32(41)42)30-35-18-28(37-30)23-10-8-22(9-11-23)24-12-13-26-17-27(15-14-25(26)16-24)29-19-36-31(38-29)21(2)40(7)33(43)44-34(3,4)5/h8-21H,1-7H3,(H,35,37)(H,36,38)(H,41,42)/t20-,21-/m0/s1.